The molecule has 0 saturated carbocycles. The van der Waals surface area contributed by atoms with Crippen molar-refractivity contribution in [2.24, 2.45) is 0 Å². The molecule has 0 amide bonds. The van der Waals surface area contributed by atoms with Crippen LogP contribution < -0.4 is 5.32 Å². The maximum atomic E-state index is 4.00. The van der Waals surface area contributed by atoms with Crippen molar-refractivity contribution in [3.63, 3.8) is 0 Å². The molecular formula is C12H13BrN2S. The van der Waals surface area contributed by atoms with Crippen LogP contribution in [0.1, 0.15) is 23.4 Å². The van der Waals surface area contributed by atoms with Gasteiger partial charge in [0.05, 0.1) is 0 Å². The Morgan fingerprint density at radius 3 is 2.81 bits per heavy atom. The second-order valence-corrected chi connectivity index (χ2v) is 5.48. The molecule has 2 aromatic heterocycles. The number of rotatable bonds is 4. The Bertz CT molecular complexity index is 441. The Morgan fingerprint density at radius 2 is 2.19 bits per heavy atom. The minimum atomic E-state index is 0.379. The fourth-order valence-electron chi connectivity index (χ4n) is 1.43. The van der Waals surface area contributed by atoms with E-state index in [2.05, 4.69) is 44.6 Å². The highest BCUT2D eigenvalue weighted by Gasteiger charge is 2.06. The molecule has 0 saturated heterocycles. The number of hydrogen-bond donors (Lipinski definition) is 1. The number of aromatic nitrogens is 1. The quantitative estimate of drug-likeness (QED) is 0.929. The summed E-state index contributed by atoms with van der Waals surface area (Å²) in [6, 6.07) is 6.60. The molecule has 1 N–H and O–H groups in total. The predicted octanol–water partition coefficient (Wildman–Crippen LogP) is 3.76. The first-order valence-electron chi connectivity index (χ1n) is 5.12. The third kappa shape index (κ3) is 3.14. The number of hydrogen-bond acceptors (Lipinski definition) is 3. The van der Waals surface area contributed by atoms with Crippen LogP contribution in [0, 0.1) is 0 Å². The summed E-state index contributed by atoms with van der Waals surface area (Å²) >= 11 is 5.24. The molecular weight excluding hydrogens is 284 g/mol. The number of halogens is 1. The fourth-order valence-corrected chi connectivity index (χ4v) is 2.91. The molecule has 2 heterocycles. The summed E-state index contributed by atoms with van der Waals surface area (Å²) in [5.41, 5.74) is 1.26. The zero-order chi connectivity index (χ0) is 11.4. The number of thiophene rings is 1. The summed E-state index contributed by atoms with van der Waals surface area (Å²) in [7, 11) is 0. The van der Waals surface area contributed by atoms with Gasteiger partial charge in [-0.3, -0.25) is 4.98 Å². The SMILES string of the molecule is CC(NCc1ccncc1)c1cc(Br)cs1. The first kappa shape index (κ1) is 11.8. The maximum absolute atomic E-state index is 4.00. The van der Waals surface area contributed by atoms with Gasteiger partial charge in [-0.1, -0.05) is 0 Å². The molecule has 2 aromatic rings. The second kappa shape index (κ2) is 5.57. The summed E-state index contributed by atoms with van der Waals surface area (Å²) in [6.45, 7) is 3.05. The van der Waals surface area contributed by atoms with Crippen LogP contribution >= 0.6 is 27.3 Å². The number of nitrogens with zero attached hydrogens (tertiary/aromatic N) is 1. The molecule has 4 heteroatoms. The van der Waals surface area contributed by atoms with Gasteiger partial charge in [-0.15, -0.1) is 11.3 Å². The second-order valence-electron chi connectivity index (χ2n) is 3.63. The monoisotopic (exact) mass is 296 g/mol. The van der Waals surface area contributed by atoms with Crippen molar-refractivity contribution < 1.29 is 0 Å². The smallest absolute Gasteiger partial charge is 0.0389 e. The average Bonchev–Trinajstić information content (AvgIpc) is 2.74. The predicted molar refractivity (Wildman–Crippen MR) is 71.5 cm³/mol. The van der Waals surface area contributed by atoms with Crippen molar-refractivity contribution in [3.8, 4) is 0 Å². The molecule has 2 nitrogen and oxygen atoms in total. The van der Waals surface area contributed by atoms with Gasteiger partial charge in [-0.05, 0) is 46.6 Å². The third-order valence-electron chi connectivity index (χ3n) is 2.38. The van der Waals surface area contributed by atoms with E-state index < -0.39 is 0 Å². The van der Waals surface area contributed by atoms with E-state index in [9.17, 15) is 0 Å². The standard InChI is InChI=1S/C12H13BrN2S/c1-9(12-6-11(13)8-16-12)15-7-10-2-4-14-5-3-10/h2-6,8-9,15H,7H2,1H3. The van der Waals surface area contributed by atoms with Gasteiger partial charge in [0.1, 0.15) is 0 Å². The summed E-state index contributed by atoms with van der Waals surface area (Å²) < 4.78 is 1.16. The summed E-state index contributed by atoms with van der Waals surface area (Å²) in [6.07, 6.45) is 3.65. The highest BCUT2D eigenvalue weighted by Crippen LogP contribution is 2.25. The molecule has 0 aliphatic carbocycles. The highest BCUT2D eigenvalue weighted by molar-refractivity contribution is 9.10. The van der Waals surface area contributed by atoms with Gasteiger partial charge < -0.3 is 5.32 Å². The van der Waals surface area contributed by atoms with E-state index in [1.54, 1.807) is 11.3 Å². The molecule has 0 fully saturated rings. The largest absolute Gasteiger partial charge is 0.305 e. The summed E-state index contributed by atoms with van der Waals surface area (Å²) in [5, 5.41) is 5.60. The minimum Gasteiger partial charge on any atom is -0.305 e. The normalized spacial score (nSPS) is 12.6. The van der Waals surface area contributed by atoms with Crippen molar-refractivity contribution in [2.45, 2.75) is 19.5 Å². The molecule has 0 spiro atoms. The first-order valence-corrected chi connectivity index (χ1v) is 6.79. The molecule has 1 atom stereocenters. The van der Waals surface area contributed by atoms with Crippen LogP contribution in [0.25, 0.3) is 0 Å². The van der Waals surface area contributed by atoms with Crippen molar-refractivity contribution in [3.05, 3.63) is 50.9 Å². The summed E-state index contributed by atoms with van der Waals surface area (Å²) in [5.74, 6) is 0. The van der Waals surface area contributed by atoms with Crippen molar-refractivity contribution in [2.75, 3.05) is 0 Å². The maximum Gasteiger partial charge on any atom is 0.0389 e. The molecule has 0 aliphatic rings. The molecule has 84 valence electrons. The third-order valence-corrected chi connectivity index (χ3v) is 4.25. The zero-order valence-corrected chi connectivity index (χ0v) is 11.4. The van der Waals surface area contributed by atoms with Crippen molar-refractivity contribution in [1.29, 1.82) is 0 Å². The molecule has 16 heavy (non-hydrogen) atoms. The van der Waals surface area contributed by atoms with Gasteiger partial charge in [0.2, 0.25) is 0 Å². The van der Waals surface area contributed by atoms with Crippen LogP contribution in [0.4, 0.5) is 0 Å². The van der Waals surface area contributed by atoms with Crippen LogP contribution in [0.5, 0.6) is 0 Å². The fraction of sp³-hybridized carbons (Fsp3) is 0.250. The zero-order valence-electron chi connectivity index (χ0n) is 8.98. The lowest BCUT2D eigenvalue weighted by Crippen LogP contribution is -2.17. The van der Waals surface area contributed by atoms with E-state index in [0.29, 0.717) is 6.04 Å². The van der Waals surface area contributed by atoms with Crippen molar-refractivity contribution >= 4 is 27.3 Å². The van der Waals surface area contributed by atoms with Crippen LogP contribution in [-0.4, -0.2) is 4.98 Å². The number of nitrogens with one attached hydrogen (secondary N) is 1. The minimum absolute atomic E-state index is 0.379. The van der Waals surface area contributed by atoms with E-state index >= 15 is 0 Å². The molecule has 0 aromatic carbocycles. The Labute approximate surface area is 108 Å². The summed E-state index contributed by atoms with van der Waals surface area (Å²) in [4.78, 5) is 5.35. The van der Waals surface area contributed by atoms with Crippen LogP contribution in [0.2, 0.25) is 0 Å². The van der Waals surface area contributed by atoms with E-state index in [-0.39, 0.29) is 0 Å². The van der Waals surface area contributed by atoms with Gasteiger partial charge in [0.15, 0.2) is 0 Å². The molecule has 1 unspecified atom stereocenters. The van der Waals surface area contributed by atoms with Crippen LogP contribution in [0.3, 0.4) is 0 Å². The Hall–Kier alpha value is -0.710. The Balaban J connectivity index is 1.91. The lowest BCUT2D eigenvalue weighted by atomic mass is 10.2. The highest BCUT2D eigenvalue weighted by atomic mass is 79.9. The van der Waals surface area contributed by atoms with Gasteiger partial charge in [-0.2, -0.15) is 0 Å². The molecule has 0 bridgehead atoms. The average molecular weight is 297 g/mol. The van der Waals surface area contributed by atoms with E-state index in [1.165, 1.54) is 10.4 Å². The Morgan fingerprint density at radius 1 is 1.44 bits per heavy atom. The van der Waals surface area contributed by atoms with E-state index in [1.807, 2.05) is 24.5 Å². The molecule has 0 radical (unpaired) electrons. The lowest BCUT2D eigenvalue weighted by Gasteiger charge is -2.11. The van der Waals surface area contributed by atoms with E-state index in [4.69, 9.17) is 0 Å². The van der Waals surface area contributed by atoms with Gasteiger partial charge in [0.25, 0.3) is 0 Å². The molecule has 0 aliphatic heterocycles. The molecule has 2 rings (SSSR count). The van der Waals surface area contributed by atoms with Crippen molar-refractivity contribution in [1.82, 2.24) is 10.3 Å². The van der Waals surface area contributed by atoms with Crippen LogP contribution in [0.15, 0.2) is 40.4 Å². The topological polar surface area (TPSA) is 24.9 Å². The van der Waals surface area contributed by atoms with Gasteiger partial charge in [-0.25, -0.2) is 0 Å². The number of pyridine rings is 1. The Kier molecular flexibility index (Phi) is 4.09. The lowest BCUT2D eigenvalue weighted by molar-refractivity contribution is 0.582. The first-order chi connectivity index (χ1) is 7.75. The van der Waals surface area contributed by atoms with Gasteiger partial charge >= 0.3 is 0 Å². The van der Waals surface area contributed by atoms with Crippen LogP contribution in [-0.2, 0) is 6.54 Å². The van der Waals surface area contributed by atoms with Gasteiger partial charge in [0, 0.05) is 39.7 Å². The van der Waals surface area contributed by atoms with E-state index in [0.717, 1.165) is 11.0 Å².